The Kier molecular flexibility index (Phi) is 8.91. The first-order valence-corrected chi connectivity index (χ1v) is 10.1. The van der Waals surface area contributed by atoms with E-state index in [1.807, 2.05) is 31.2 Å². The summed E-state index contributed by atoms with van der Waals surface area (Å²) in [5, 5.41) is 6.09. The molecule has 0 aromatic heterocycles. The summed E-state index contributed by atoms with van der Waals surface area (Å²) in [7, 11) is 3.35. The molecule has 2 N–H and O–H groups in total. The average molecular weight is 391 g/mol. The van der Waals surface area contributed by atoms with Crippen LogP contribution in [0.3, 0.4) is 0 Å². The van der Waals surface area contributed by atoms with E-state index in [0.717, 1.165) is 49.9 Å². The molecule has 0 saturated carbocycles. The van der Waals surface area contributed by atoms with E-state index in [9.17, 15) is 4.79 Å². The van der Waals surface area contributed by atoms with E-state index < -0.39 is 0 Å². The van der Waals surface area contributed by atoms with E-state index in [0.29, 0.717) is 18.9 Å². The van der Waals surface area contributed by atoms with Gasteiger partial charge in [-0.05, 0) is 56.9 Å². The maximum absolute atomic E-state index is 11.6. The molecule has 1 aromatic rings. The fraction of sp³-hybridized carbons (Fsp3) is 0.619. The molecule has 0 bridgehead atoms. The molecule has 1 aliphatic heterocycles. The molecule has 7 nitrogen and oxygen atoms in total. The maximum Gasteiger partial charge on any atom is 0.220 e. The van der Waals surface area contributed by atoms with Crippen LogP contribution in [0.15, 0.2) is 29.3 Å². The van der Waals surface area contributed by atoms with Crippen molar-refractivity contribution in [3.8, 4) is 11.5 Å². The maximum atomic E-state index is 11.6. The summed E-state index contributed by atoms with van der Waals surface area (Å²) in [6.45, 7) is 7.33. The molecular formula is C21H34N4O3. The number of likely N-dealkylation sites (tertiary alicyclic amines) is 1. The van der Waals surface area contributed by atoms with Crippen molar-refractivity contribution in [1.82, 2.24) is 15.5 Å². The molecule has 1 amide bonds. The van der Waals surface area contributed by atoms with Crippen LogP contribution in [0.4, 0.5) is 0 Å². The van der Waals surface area contributed by atoms with Crippen LogP contribution < -0.4 is 20.1 Å². The van der Waals surface area contributed by atoms with Gasteiger partial charge in [0.1, 0.15) is 17.6 Å². The van der Waals surface area contributed by atoms with Gasteiger partial charge in [-0.25, -0.2) is 4.99 Å². The number of methoxy groups -OCH3 is 1. The zero-order chi connectivity index (χ0) is 20.4. The Morgan fingerprint density at radius 2 is 1.89 bits per heavy atom. The number of carbonyl (C=O) groups is 1. The summed E-state index contributed by atoms with van der Waals surface area (Å²) in [4.78, 5) is 18.6. The lowest BCUT2D eigenvalue weighted by atomic mass is 9.93. The van der Waals surface area contributed by atoms with E-state index in [4.69, 9.17) is 14.5 Å². The second-order valence-electron chi connectivity index (χ2n) is 7.11. The first-order chi connectivity index (χ1) is 13.5. The van der Waals surface area contributed by atoms with Crippen molar-refractivity contribution >= 4 is 11.9 Å². The molecule has 0 aliphatic carbocycles. The summed E-state index contributed by atoms with van der Waals surface area (Å²) < 4.78 is 11.1. The van der Waals surface area contributed by atoms with Crippen molar-refractivity contribution in [3.63, 3.8) is 0 Å². The molecular weight excluding hydrogens is 356 g/mol. The molecule has 28 heavy (non-hydrogen) atoms. The molecule has 0 spiro atoms. The zero-order valence-corrected chi connectivity index (χ0v) is 17.5. The molecule has 1 fully saturated rings. The Balaban J connectivity index is 1.86. The van der Waals surface area contributed by atoms with Gasteiger partial charge in [-0.1, -0.05) is 0 Å². The van der Waals surface area contributed by atoms with E-state index in [2.05, 4.69) is 22.5 Å². The lowest BCUT2D eigenvalue weighted by Gasteiger charge is -2.34. The van der Waals surface area contributed by atoms with Crippen LogP contribution in [0.1, 0.15) is 33.1 Å². The Bertz CT molecular complexity index is 625. The van der Waals surface area contributed by atoms with Crippen molar-refractivity contribution in [2.75, 3.05) is 40.3 Å². The number of nitrogens with one attached hydrogen (secondary N) is 2. The van der Waals surface area contributed by atoms with Gasteiger partial charge < -0.3 is 25.0 Å². The standard InChI is InChI=1S/C21H34N4O3/c1-5-23-21(25-12-10-17(11-13-25)14-20(26)22-3)24-15-16(2)28-19-8-6-18(27-4)7-9-19/h6-9,16-17H,5,10-15H2,1-4H3,(H,22,26)(H,23,24). The van der Waals surface area contributed by atoms with Gasteiger partial charge in [0.15, 0.2) is 5.96 Å². The normalized spacial score (nSPS) is 16.4. The van der Waals surface area contributed by atoms with Crippen molar-refractivity contribution < 1.29 is 14.3 Å². The summed E-state index contributed by atoms with van der Waals surface area (Å²) in [6.07, 6.45) is 2.60. The van der Waals surface area contributed by atoms with Crippen LogP contribution in [0.2, 0.25) is 0 Å². The van der Waals surface area contributed by atoms with E-state index >= 15 is 0 Å². The molecule has 0 radical (unpaired) electrons. The molecule has 1 saturated heterocycles. The van der Waals surface area contributed by atoms with Crippen LogP contribution in [-0.4, -0.2) is 63.2 Å². The van der Waals surface area contributed by atoms with Gasteiger partial charge in [-0.2, -0.15) is 0 Å². The molecule has 1 heterocycles. The second kappa shape index (κ2) is 11.4. The van der Waals surface area contributed by atoms with Crippen molar-refractivity contribution in [2.45, 2.75) is 39.2 Å². The Morgan fingerprint density at radius 1 is 1.25 bits per heavy atom. The van der Waals surface area contributed by atoms with Crippen molar-refractivity contribution in [2.24, 2.45) is 10.9 Å². The molecule has 1 atom stereocenters. The summed E-state index contributed by atoms with van der Waals surface area (Å²) in [5.41, 5.74) is 0. The largest absolute Gasteiger partial charge is 0.497 e. The summed E-state index contributed by atoms with van der Waals surface area (Å²) >= 11 is 0. The second-order valence-corrected chi connectivity index (χ2v) is 7.11. The molecule has 1 unspecified atom stereocenters. The SMILES string of the molecule is CCNC(=NCC(C)Oc1ccc(OC)cc1)N1CCC(CC(=O)NC)CC1. The smallest absolute Gasteiger partial charge is 0.220 e. The van der Waals surface area contributed by atoms with Gasteiger partial charge in [-0.15, -0.1) is 0 Å². The van der Waals surface area contributed by atoms with Crippen molar-refractivity contribution in [3.05, 3.63) is 24.3 Å². The van der Waals surface area contributed by atoms with Crippen LogP contribution in [0.5, 0.6) is 11.5 Å². The monoisotopic (exact) mass is 390 g/mol. The number of carbonyl (C=O) groups excluding carboxylic acids is 1. The van der Waals surface area contributed by atoms with E-state index in [1.54, 1.807) is 14.2 Å². The minimum Gasteiger partial charge on any atom is -0.497 e. The highest BCUT2D eigenvalue weighted by Crippen LogP contribution is 2.21. The van der Waals surface area contributed by atoms with E-state index in [-0.39, 0.29) is 12.0 Å². The highest BCUT2D eigenvalue weighted by Gasteiger charge is 2.23. The number of aliphatic imine (C=N–C) groups is 1. The minimum absolute atomic E-state index is 0.0344. The molecule has 1 aromatic carbocycles. The first-order valence-electron chi connectivity index (χ1n) is 10.1. The fourth-order valence-corrected chi connectivity index (χ4v) is 3.28. The lowest BCUT2D eigenvalue weighted by molar-refractivity contribution is -0.121. The van der Waals surface area contributed by atoms with Crippen LogP contribution in [0, 0.1) is 5.92 Å². The van der Waals surface area contributed by atoms with Crippen molar-refractivity contribution in [1.29, 1.82) is 0 Å². The molecule has 156 valence electrons. The first kappa shape index (κ1) is 21.9. The number of ether oxygens (including phenoxy) is 2. The predicted molar refractivity (Wildman–Crippen MR) is 112 cm³/mol. The third-order valence-electron chi connectivity index (χ3n) is 4.90. The predicted octanol–water partition coefficient (Wildman–Crippen LogP) is 2.28. The quantitative estimate of drug-likeness (QED) is 0.526. The van der Waals surface area contributed by atoms with Crippen LogP contribution in [-0.2, 0) is 4.79 Å². The summed E-state index contributed by atoms with van der Waals surface area (Å²) in [6, 6.07) is 7.58. The number of benzene rings is 1. The molecule has 7 heteroatoms. The number of rotatable bonds is 8. The summed E-state index contributed by atoms with van der Waals surface area (Å²) in [5.74, 6) is 3.13. The molecule has 2 rings (SSSR count). The van der Waals surface area contributed by atoms with Gasteiger partial charge in [0.05, 0.1) is 13.7 Å². The average Bonchev–Trinajstić information content (AvgIpc) is 2.72. The van der Waals surface area contributed by atoms with Gasteiger partial charge in [0.25, 0.3) is 0 Å². The Labute approximate surface area is 168 Å². The third kappa shape index (κ3) is 6.94. The zero-order valence-electron chi connectivity index (χ0n) is 17.5. The lowest BCUT2D eigenvalue weighted by Crippen LogP contribution is -2.46. The number of guanidine groups is 1. The van der Waals surface area contributed by atoms with Gasteiger partial charge in [0, 0.05) is 33.1 Å². The fourth-order valence-electron chi connectivity index (χ4n) is 3.28. The Morgan fingerprint density at radius 3 is 2.46 bits per heavy atom. The highest BCUT2D eigenvalue weighted by atomic mass is 16.5. The topological polar surface area (TPSA) is 75.2 Å². The number of piperidine rings is 1. The van der Waals surface area contributed by atoms with Crippen LogP contribution in [0.25, 0.3) is 0 Å². The number of amides is 1. The highest BCUT2D eigenvalue weighted by molar-refractivity contribution is 5.80. The van der Waals surface area contributed by atoms with Crippen LogP contribution >= 0.6 is 0 Å². The number of hydrogen-bond donors (Lipinski definition) is 2. The number of hydrogen-bond acceptors (Lipinski definition) is 4. The van der Waals surface area contributed by atoms with E-state index in [1.165, 1.54) is 0 Å². The number of nitrogens with zero attached hydrogens (tertiary/aromatic N) is 2. The van der Waals surface area contributed by atoms with Gasteiger partial charge in [0.2, 0.25) is 5.91 Å². The minimum atomic E-state index is -0.0344. The molecule has 1 aliphatic rings. The van der Waals surface area contributed by atoms with Gasteiger partial charge in [-0.3, -0.25) is 4.79 Å². The third-order valence-corrected chi connectivity index (χ3v) is 4.90. The Hall–Kier alpha value is -2.44. The van der Waals surface area contributed by atoms with Gasteiger partial charge >= 0.3 is 0 Å².